The van der Waals surface area contributed by atoms with E-state index in [4.69, 9.17) is 19.2 Å². The van der Waals surface area contributed by atoms with E-state index in [1.165, 1.54) is 5.56 Å². The van der Waals surface area contributed by atoms with Crippen molar-refractivity contribution in [2.45, 2.75) is 26.8 Å². The molecule has 1 atom stereocenters. The summed E-state index contributed by atoms with van der Waals surface area (Å²) < 4.78 is 16.5. The lowest BCUT2D eigenvalue weighted by Crippen LogP contribution is -2.36. The maximum absolute atomic E-state index is 13.1. The Hall–Kier alpha value is -3.19. The minimum absolute atomic E-state index is 0.286. The van der Waals surface area contributed by atoms with Gasteiger partial charge in [0.1, 0.15) is 11.5 Å². The fourth-order valence-electron chi connectivity index (χ4n) is 3.92. The van der Waals surface area contributed by atoms with Crippen LogP contribution in [0.4, 0.5) is 0 Å². The van der Waals surface area contributed by atoms with Crippen molar-refractivity contribution in [3.63, 3.8) is 0 Å². The number of benzene rings is 2. The molecule has 6 nitrogen and oxygen atoms in total. The maximum atomic E-state index is 13.1. The summed E-state index contributed by atoms with van der Waals surface area (Å²) in [5.41, 5.74) is 5.19. The summed E-state index contributed by atoms with van der Waals surface area (Å²) in [4.78, 5) is 20.0. The Labute approximate surface area is 192 Å². The molecule has 0 aliphatic carbocycles. The van der Waals surface area contributed by atoms with E-state index in [-0.39, 0.29) is 12.6 Å². The Balaban J connectivity index is 1.90. The standard InChI is InChI=1S/C25H26N2O4S/c1-6-31-24(28)22-16(3)26-25-27(20(14-32-25)17-9-7-15(2)8-10-17)23(22)19-12-11-18(29-4)13-21(19)30-5/h7-14,23H,6H2,1-5H3/t23-/m1/s1. The van der Waals surface area contributed by atoms with E-state index in [1.54, 1.807) is 32.9 Å². The zero-order valence-corrected chi connectivity index (χ0v) is 19.7. The van der Waals surface area contributed by atoms with Gasteiger partial charge in [-0.15, -0.1) is 0 Å². The SMILES string of the molecule is CCOC(=O)C1=C(C)N=C2SC=C(c3ccc(C)cc3)N2[C@@H]1c1ccc(OC)cc1OC. The third-order valence-electron chi connectivity index (χ3n) is 5.50. The predicted octanol–water partition coefficient (Wildman–Crippen LogP) is 5.31. The first-order chi connectivity index (χ1) is 15.5. The van der Waals surface area contributed by atoms with Gasteiger partial charge < -0.3 is 19.1 Å². The largest absolute Gasteiger partial charge is 0.497 e. The van der Waals surface area contributed by atoms with Gasteiger partial charge in [-0.1, -0.05) is 41.6 Å². The number of thioether (sulfide) groups is 1. The second-order valence-corrected chi connectivity index (χ2v) is 8.32. The Morgan fingerprint density at radius 2 is 1.84 bits per heavy atom. The second-order valence-electron chi connectivity index (χ2n) is 7.48. The number of allylic oxidation sites excluding steroid dienone is 1. The molecule has 0 unspecified atom stereocenters. The van der Waals surface area contributed by atoms with Crippen molar-refractivity contribution in [1.29, 1.82) is 0 Å². The van der Waals surface area contributed by atoms with E-state index in [0.29, 0.717) is 22.8 Å². The van der Waals surface area contributed by atoms with Crippen LogP contribution >= 0.6 is 11.8 Å². The van der Waals surface area contributed by atoms with Crippen molar-refractivity contribution in [2.24, 2.45) is 4.99 Å². The monoisotopic (exact) mass is 450 g/mol. The Bertz CT molecular complexity index is 1140. The van der Waals surface area contributed by atoms with Gasteiger partial charge in [-0.2, -0.15) is 0 Å². The first kappa shape index (κ1) is 22.0. The summed E-state index contributed by atoms with van der Waals surface area (Å²) in [7, 11) is 3.23. The molecular formula is C25H26N2O4S. The lowest BCUT2D eigenvalue weighted by molar-refractivity contribution is -0.139. The van der Waals surface area contributed by atoms with Crippen molar-refractivity contribution in [1.82, 2.24) is 4.90 Å². The quantitative estimate of drug-likeness (QED) is 0.556. The molecule has 2 aliphatic rings. The Kier molecular flexibility index (Phi) is 6.28. The van der Waals surface area contributed by atoms with E-state index >= 15 is 0 Å². The van der Waals surface area contributed by atoms with Gasteiger partial charge in [0.05, 0.1) is 43.8 Å². The fraction of sp³-hybridized carbons (Fsp3) is 0.280. The number of ether oxygens (including phenoxy) is 3. The number of esters is 1. The molecule has 2 aromatic carbocycles. The molecule has 7 heteroatoms. The third kappa shape index (κ3) is 3.88. The van der Waals surface area contributed by atoms with E-state index < -0.39 is 6.04 Å². The zero-order valence-electron chi connectivity index (χ0n) is 18.8. The number of nitrogens with zero attached hydrogens (tertiary/aromatic N) is 2. The first-order valence-electron chi connectivity index (χ1n) is 10.4. The number of hydrogen-bond donors (Lipinski definition) is 0. The predicted molar refractivity (Wildman–Crippen MR) is 128 cm³/mol. The minimum atomic E-state index is -0.454. The highest BCUT2D eigenvalue weighted by Gasteiger charge is 2.42. The van der Waals surface area contributed by atoms with Crippen LogP contribution in [0.5, 0.6) is 11.5 Å². The lowest BCUT2D eigenvalue weighted by Gasteiger charge is -2.37. The van der Waals surface area contributed by atoms with Crippen molar-refractivity contribution in [2.75, 3.05) is 20.8 Å². The van der Waals surface area contributed by atoms with E-state index in [0.717, 1.165) is 22.0 Å². The number of carbonyl (C=O) groups is 1. The maximum Gasteiger partial charge on any atom is 0.338 e. The number of hydrogen-bond acceptors (Lipinski definition) is 7. The topological polar surface area (TPSA) is 60.4 Å². The van der Waals surface area contributed by atoms with Gasteiger partial charge >= 0.3 is 5.97 Å². The van der Waals surface area contributed by atoms with Crippen LogP contribution < -0.4 is 9.47 Å². The van der Waals surface area contributed by atoms with Crippen LogP contribution in [0.1, 0.15) is 36.6 Å². The molecule has 0 radical (unpaired) electrons. The molecule has 0 fully saturated rings. The van der Waals surface area contributed by atoms with Crippen molar-refractivity contribution in [3.05, 3.63) is 75.8 Å². The molecular weight excluding hydrogens is 424 g/mol. The van der Waals surface area contributed by atoms with Gasteiger partial charge in [-0.25, -0.2) is 9.79 Å². The molecule has 2 heterocycles. The molecule has 0 bridgehead atoms. The summed E-state index contributed by atoms with van der Waals surface area (Å²) in [6, 6.07) is 13.5. The van der Waals surface area contributed by atoms with E-state index in [9.17, 15) is 4.79 Å². The number of fused-ring (bicyclic) bond motifs is 1. The van der Waals surface area contributed by atoms with E-state index in [1.807, 2.05) is 25.1 Å². The second kappa shape index (κ2) is 9.12. The number of rotatable bonds is 6. The van der Waals surface area contributed by atoms with Gasteiger partial charge in [-0.3, -0.25) is 0 Å². The highest BCUT2D eigenvalue weighted by atomic mass is 32.2. The van der Waals surface area contributed by atoms with Gasteiger partial charge in [-0.05, 0) is 38.5 Å². The Morgan fingerprint density at radius 3 is 2.50 bits per heavy atom. The number of methoxy groups -OCH3 is 2. The van der Waals surface area contributed by atoms with E-state index in [2.05, 4.69) is 41.5 Å². The summed E-state index contributed by atoms with van der Waals surface area (Å²) in [5.74, 6) is 0.931. The molecule has 2 aliphatic heterocycles. The van der Waals surface area contributed by atoms with Crippen molar-refractivity contribution >= 4 is 28.6 Å². The summed E-state index contributed by atoms with van der Waals surface area (Å²) >= 11 is 1.55. The highest BCUT2D eigenvalue weighted by Crippen LogP contribution is 2.49. The Morgan fingerprint density at radius 1 is 1.09 bits per heavy atom. The smallest absolute Gasteiger partial charge is 0.338 e. The molecule has 166 valence electrons. The third-order valence-corrected chi connectivity index (χ3v) is 6.34. The summed E-state index contributed by atoms with van der Waals surface area (Å²) in [6.45, 7) is 6.00. The minimum Gasteiger partial charge on any atom is -0.497 e. The molecule has 0 aromatic heterocycles. The number of aryl methyl sites for hydroxylation is 1. The first-order valence-corrected chi connectivity index (χ1v) is 11.3. The van der Waals surface area contributed by atoms with Crippen LogP contribution in [0.25, 0.3) is 5.70 Å². The molecule has 2 aromatic rings. The van der Waals surface area contributed by atoms with Crippen molar-refractivity contribution in [3.8, 4) is 11.5 Å². The zero-order chi connectivity index (χ0) is 22.8. The molecule has 0 N–H and O–H groups in total. The number of aliphatic imine (C=N–C) groups is 1. The fourth-order valence-corrected chi connectivity index (χ4v) is 4.90. The molecule has 0 saturated heterocycles. The molecule has 0 spiro atoms. The number of amidine groups is 1. The van der Waals surface area contributed by atoms with Gasteiger partial charge in [0, 0.05) is 17.0 Å². The van der Waals surface area contributed by atoms with Crippen molar-refractivity contribution < 1.29 is 19.0 Å². The normalized spacial score (nSPS) is 17.5. The van der Waals surface area contributed by atoms with Crippen LogP contribution in [0.2, 0.25) is 0 Å². The van der Waals surface area contributed by atoms with Gasteiger partial charge in [0.2, 0.25) is 0 Å². The van der Waals surface area contributed by atoms with Crippen LogP contribution in [0, 0.1) is 6.92 Å². The molecule has 4 rings (SSSR count). The number of carbonyl (C=O) groups excluding carboxylic acids is 1. The molecule has 0 saturated carbocycles. The lowest BCUT2D eigenvalue weighted by atomic mass is 9.92. The van der Waals surface area contributed by atoms with Crippen LogP contribution in [0.3, 0.4) is 0 Å². The highest BCUT2D eigenvalue weighted by molar-refractivity contribution is 8.16. The molecule has 32 heavy (non-hydrogen) atoms. The van der Waals surface area contributed by atoms with Gasteiger partial charge in [0.25, 0.3) is 0 Å². The van der Waals surface area contributed by atoms with Crippen LogP contribution in [-0.2, 0) is 9.53 Å². The summed E-state index contributed by atoms with van der Waals surface area (Å²) in [5, 5.41) is 2.89. The van der Waals surface area contributed by atoms with Gasteiger partial charge in [0.15, 0.2) is 5.17 Å². The summed E-state index contributed by atoms with van der Waals surface area (Å²) in [6.07, 6.45) is 0. The average Bonchev–Trinajstić information content (AvgIpc) is 3.21. The van der Waals surface area contributed by atoms with Crippen LogP contribution in [0.15, 0.2) is 64.1 Å². The average molecular weight is 451 g/mol. The van der Waals surface area contributed by atoms with Crippen LogP contribution in [-0.4, -0.2) is 36.9 Å². The molecule has 0 amide bonds.